The Kier molecular flexibility index (Phi) is 5.28. The fourth-order valence-corrected chi connectivity index (χ4v) is 2.97. The normalized spacial score (nSPS) is 12.2. The number of hydrogen-bond acceptors (Lipinski definition) is 4. The molecule has 0 aliphatic carbocycles. The van der Waals surface area contributed by atoms with Crippen LogP contribution in [0.5, 0.6) is 0 Å². The van der Waals surface area contributed by atoms with Crippen LogP contribution in [0.3, 0.4) is 0 Å². The lowest BCUT2D eigenvalue weighted by atomic mass is 9.95. The molecule has 0 fully saturated rings. The molecule has 0 radical (unpaired) electrons. The first-order chi connectivity index (χ1) is 9.28. The van der Waals surface area contributed by atoms with Crippen molar-refractivity contribution in [2.75, 3.05) is 6.54 Å². The van der Waals surface area contributed by atoms with E-state index in [1.165, 1.54) is 18.2 Å². The second kappa shape index (κ2) is 6.35. The summed E-state index contributed by atoms with van der Waals surface area (Å²) in [5.74, 6) is 0. The maximum atomic E-state index is 12.2. The van der Waals surface area contributed by atoms with Crippen LogP contribution in [-0.2, 0) is 10.0 Å². The molecule has 3 N–H and O–H groups in total. The number of nitrogens with one attached hydrogen (secondary N) is 1. The minimum Gasteiger partial charge on any atom is -0.324 e. The molecule has 0 aromatic heterocycles. The molecule has 0 unspecified atom stereocenters. The first-order valence-electron chi connectivity index (χ1n) is 6.57. The van der Waals surface area contributed by atoms with Gasteiger partial charge in [0.05, 0.1) is 16.5 Å². The van der Waals surface area contributed by atoms with E-state index in [-0.39, 0.29) is 11.4 Å². The molecule has 0 saturated carbocycles. The number of sulfonamides is 1. The number of hydrogen-bond donors (Lipinski definition) is 2. The highest BCUT2D eigenvalue weighted by atomic mass is 32.2. The average molecular weight is 295 g/mol. The van der Waals surface area contributed by atoms with Gasteiger partial charge >= 0.3 is 0 Å². The Morgan fingerprint density at radius 2 is 1.95 bits per heavy atom. The summed E-state index contributed by atoms with van der Waals surface area (Å²) in [5.41, 5.74) is 6.67. The number of nitrogens with two attached hydrogens (primary N) is 1. The molecule has 5 nitrogen and oxygen atoms in total. The van der Waals surface area contributed by atoms with Crippen LogP contribution < -0.4 is 10.5 Å². The number of nitrogens with zero attached hydrogens (tertiary/aromatic N) is 1. The van der Waals surface area contributed by atoms with Crippen molar-refractivity contribution in [3.05, 3.63) is 29.3 Å². The van der Waals surface area contributed by atoms with E-state index in [0.29, 0.717) is 24.0 Å². The van der Waals surface area contributed by atoms with Crippen LogP contribution in [0.15, 0.2) is 23.1 Å². The smallest absolute Gasteiger partial charge is 0.240 e. The number of aryl methyl sites for hydroxylation is 1. The maximum Gasteiger partial charge on any atom is 0.240 e. The molecule has 1 aromatic rings. The Labute approximate surface area is 120 Å². The zero-order valence-electron chi connectivity index (χ0n) is 12.1. The summed E-state index contributed by atoms with van der Waals surface area (Å²) in [5, 5.41) is 8.85. The lowest BCUT2D eigenvalue weighted by Gasteiger charge is -2.26. The quantitative estimate of drug-likeness (QED) is 0.834. The molecule has 0 atom stereocenters. The highest BCUT2D eigenvalue weighted by Crippen LogP contribution is 2.16. The summed E-state index contributed by atoms with van der Waals surface area (Å²) in [6, 6.07) is 6.46. The van der Waals surface area contributed by atoms with Gasteiger partial charge in [0.2, 0.25) is 10.0 Å². The predicted molar refractivity (Wildman–Crippen MR) is 78.6 cm³/mol. The van der Waals surface area contributed by atoms with E-state index < -0.39 is 15.6 Å². The van der Waals surface area contributed by atoms with Crippen LogP contribution in [0.4, 0.5) is 0 Å². The van der Waals surface area contributed by atoms with Crippen molar-refractivity contribution in [2.24, 2.45) is 5.73 Å². The highest BCUT2D eigenvalue weighted by molar-refractivity contribution is 7.89. The van der Waals surface area contributed by atoms with Crippen molar-refractivity contribution in [3.8, 4) is 6.07 Å². The van der Waals surface area contributed by atoms with Gasteiger partial charge in [0.15, 0.2) is 0 Å². The van der Waals surface area contributed by atoms with Crippen molar-refractivity contribution in [3.63, 3.8) is 0 Å². The molecule has 20 heavy (non-hydrogen) atoms. The number of nitriles is 1. The maximum absolute atomic E-state index is 12.2. The van der Waals surface area contributed by atoms with Crippen LogP contribution >= 0.6 is 0 Å². The van der Waals surface area contributed by atoms with E-state index >= 15 is 0 Å². The third-order valence-electron chi connectivity index (χ3n) is 3.65. The van der Waals surface area contributed by atoms with E-state index in [2.05, 4.69) is 4.72 Å². The third kappa shape index (κ3) is 3.79. The van der Waals surface area contributed by atoms with Gasteiger partial charge in [-0.25, -0.2) is 13.1 Å². The lowest BCUT2D eigenvalue weighted by Crippen LogP contribution is -2.49. The van der Waals surface area contributed by atoms with Gasteiger partial charge in [0.25, 0.3) is 0 Å². The lowest BCUT2D eigenvalue weighted by molar-refractivity contribution is 0.392. The fraction of sp³-hybridized carbons (Fsp3) is 0.500. The monoisotopic (exact) mass is 295 g/mol. The van der Waals surface area contributed by atoms with E-state index in [1.54, 1.807) is 6.92 Å². The first kappa shape index (κ1) is 16.6. The summed E-state index contributed by atoms with van der Waals surface area (Å²) in [4.78, 5) is 0.156. The largest absolute Gasteiger partial charge is 0.324 e. The van der Waals surface area contributed by atoms with Crippen molar-refractivity contribution in [1.29, 1.82) is 5.26 Å². The van der Waals surface area contributed by atoms with Crippen molar-refractivity contribution >= 4 is 10.0 Å². The van der Waals surface area contributed by atoms with Gasteiger partial charge in [-0.2, -0.15) is 5.26 Å². The zero-order chi connectivity index (χ0) is 15.4. The number of rotatable bonds is 6. The molecule has 0 bridgehead atoms. The second-order valence-corrected chi connectivity index (χ2v) is 6.75. The van der Waals surface area contributed by atoms with Gasteiger partial charge in [0.1, 0.15) is 0 Å². The third-order valence-corrected chi connectivity index (χ3v) is 5.05. The topological polar surface area (TPSA) is 96.0 Å². The second-order valence-electron chi connectivity index (χ2n) is 4.98. The van der Waals surface area contributed by atoms with Crippen LogP contribution in [-0.4, -0.2) is 20.5 Å². The molecule has 0 spiro atoms. The van der Waals surface area contributed by atoms with Crippen LogP contribution in [0.1, 0.15) is 37.8 Å². The summed E-state index contributed by atoms with van der Waals surface area (Å²) in [6.07, 6.45) is 1.39. The van der Waals surface area contributed by atoms with E-state index in [4.69, 9.17) is 11.0 Å². The van der Waals surface area contributed by atoms with Gasteiger partial charge in [-0.05, 0) is 43.5 Å². The zero-order valence-corrected chi connectivity index (χ0v) is 12.9. The molecule has 0 aliphatic heterocycles. The van der Waals surface area contributed by atoms with Gasteiger partial charge in [-0.3, -0.25) is 0 Å². The predicted octanol–water partition coefficient (Wildman–Crippen LogP) is 1.66. The molecule has 1 rings (SSSR count). The minimum atomic E-state index is -3.60. The van der Waals surface area contributed by atoms with Crippen LogP contribution in [0, 0.1) is 18.3 Å². The molecule has 0 amide bonds. The van der Waals surface area contributed by atoms with E-state index in [1.807, 2.05) is 19.9 Å². The van der Waals surface area contributed by atoms with Gasteiger partial charge < -0.3 is 5.73 Å². The highest BCUT2D eigenvalue weighted by Gasteiger charge is 2.24. The average Bonchev–Trinajstić information content (AvgIpc) is 2.44. The Morgan fingerprint density at radius 3 is 2.40 bits per heavy atom. The summed E-state index contributed by atoms with van der Waals surface area (Å²) < 4.78 is 27.0. The van der Waals surface area contributed by atoms with E-state index in [0.717, 1.165) is 0 Å². The Hall–Kier alpha value is -1.42. The van der Waals surface area contributed by atoms with Crippen LogP contribution in [0.25, 0.3) is 0 Å². The van der Waals surface area contributed by atoms with Crippen molar-refractivity contribution in [1.82, 2.24) is 4.72 Å². The number of benzene rings is 1. The molecule has 0 saturated heterocycles. The first-order valence-corrected chi connectivity index (χ1v) is 8.05. The van der Waals surface area contributed by atoms with E-state index in [9.17, 15) is 8.42 Å². The fourth-order valence-electron chi connectivity index (χ4n) is 1.75. The molecule has 1 aromatic carbocycles. The molecule has 0 aliphatic rings. The standard InChI is InChI=1S/C14H21N3O2S/c1-4-14(16,5-2)10-17-20(18,19)13-7-6-12(9-15)11(3)8-13/h6-8,17H,4-5,10,16H2,1-3H3. The van der Waals surface area contributed by atoms with Gasteiger partial charge in [0, 0.05) is 12.1 Å². The van der Waals surface area contributed by atoms with Gasteiger partial charge in [-0.15, -0.1) is 0 Å². The van der Waals surface area contributed by atoms with Crippen molar-refractivity contribution in [2.45, 2.75) is 44.0 Å². The molecule has 6 heteroatoms. The summed E-state index contributed by atoms with van der Waals surface area (Å²) in [6.45, 7) is 5.78. The molecule has 0 heterocycles. The minimum absolute atomic E-state index is 0.156. The molecular weight excluding hydrogens is 274 g/mol. The summed E-state index contributed by atoms with van der Waals surface area (Å²) >= 11 is 0. The Morgan fingerprint density at radius 1 is 1.35 bits per heavy atom. The SMILES string of the molecule is CCC(N)(CC)CNS(=O)(=O)c1ccc(C#N)c(C)c1. The van der Waals surface area contributed by atoms with Gasteiger partial charge in [-0.1, -0.05) is 13.8 Å². The van der Waals surface area contributed by atoms with Crippen LogP contribution in [0.2, 0.25) is 0 Å². The summed E-state index contributed by atoms with van der Waals surface area (Å²) in [7, 11) is -3.60. The Bertz CT molecular complexity index is 614. The molecular formula is C14H21N3O2S. The Balaban J connectivity index is 2.95. The molecule has 110 valence electrons. The van der Waals surface area contributed by atoms with Crippen molar-refractivity contribution < 1.29 is 8.42 Å².